The van der Waals surface area contributed by atoms with Crippen molar-refractivity contribution in [2.45, 2.75) is 174 Å². The molecule has 260 valence electrons. The quantitative estimate of drug-likeness (QED) is 0.0844. The Bertz CT molecular complexity index is 1560. The smallest absolute Gasteiger partial charge is 0.143 e. The van der Waals surface area contributed by atoms with Gasteiger partial charge in [0.15, 0.2) is 0 Å². The largest absolute Gasteiger partial charge is 0.243 e. The van der Waals surface area contributed by atoms with E-state index in [1.54, 1.807) is 11.1 Å². The van der Waals surface area contributed by atoms with Crippen molar-refractivity contribution in [3.63, 3.8) is 0 Å². The molecular weight excluding hydrogens is 585 g/mol. The van der Waals surface area contributed by atoms with Gasteiger partial charge in [0, 0.05) is 11.0 Å². The van der Waals surface area contributed by atoms with E-state index in [1.165, 1.54) is 143 Å². The Labute approximate surface area is 292 Å². The number of nitrogens with zero attached hydrogens (tertiary/aromatic N) is 2. The van der Waals surface area contributed by atoms with Crippen LogP contribution in [0, 0.1) is 0 Å². The number of benzene rings is 3. The van der Waals surface area contributed by atoms with E-state index >= 15 is 0 Å². The van der Waals surface area contributed by atoms with Crippen molar-refractivity contribution in [3.05, 3.63) is 70.8 Å². The molecule has 0 unspecified atom stereocenters. The van der Waals surface area contributed by atoms with Crippen LogP contribution in [0.15, 0.2) is 53.2 Å². The van der Waals surface area contributed by atoms with Gasteiger partial charge in [-0.1, -0.05) is 187 Å². The molecule has 3 nitrogen and oxygen atoms in total. The molecule has 0 N–H and O–H groups in total. The van der Waals surface area contributed by atoms with Gasteiger partial charge in [0.2, 0.25) is 0 Å². The standard InChI is InChI=1S/C45H64N2O/c1-7-9-11-13-15-17-19-21-29-45(30-22-20-18-16-14-12-10-8-2)41-31-35(33(3)4)23-25-39(41)40-26-24-36(32-42(40)45)38-28-27-37(34(5)6)43-44(38)47-48-46-43/h23-28,31-34H,7-22,29-30H2,1-6H3. The number of rotatable bonds is 21. The second-order valence-electron chi connectivity index (χ2n) is 15.6. The van der Waals surface area contributed by atoms with Crippen molar-refractivity contribution in [2.24, 2.45) is 0 Å². The SMILES string of the molecule is CCCCCCCCCCC1(CCCCCCCCCC)c2cc(-c3ccc(C(C)C)c4nonc34)ccc2-c2ccc(C(C)C)cc21. The fourth-order valence-corrected chi connectivity index (χ4v) is 8.41. The molecule has 4 aromatic rings. The summed E-state index contributed by atoms with van der Waals surface area (Å²) in [5.41, 5.74) is 12.9. The minimum atomic E-state index is 0.0507. The van der Waals surface area contributed by atoms with Crippen LogP contribution >= 0.6 is 0 Å². The maximum Gasteiger partial charge on any atom is 0.143 e. The van der Waals surface area contributed by atoms with Crippen LogP contribution in [0.2, 0.25) is 0 Å². The Morgan fingerprint density at radius 2 is 1.02 bits per heavy atom. The third-order valence-electron chi connectivity index (χ3n) is 11.3. The highest BCUT2D eigenvalue weighted by molar-refractivity contribution is 5.94. The van der Waals surface area contributed by atoms with Gasteiger partial charge in [0.25, 0.3) is 0 Å². The lowest BCUT2D eigenvalue weighted by atomic mass is 9.69. The lowest BCUT2D eigenvalue weighted by molar-refractivity contribution is 0.315. The molecule has 0 fully saturated rings. The van der Waals surface area contributed by atoms with E-state index in [4.69, 9.17) is 4.63 Å². The van der Waals surface area contributed by atoms with Crippen molar-refractivity contribution in [3.8, 4) is 22.3 Å². The summed E-state index contributed by atoms with van der Waals surface area (Å²) in [6, 6.07) is 19.2. The van der Waals surface area contributed by atoms with E-state index in [9.17, 15) is 0 Å². The van der Waals surface area contributed by atoms with Crippen LogP contribution in [0.4, 0.5) is 0 Å². The van der Waals surface area contributed by atoms with Crippen LogP contribution in [0.1, 0.15) is 191 Å². The van der Waals surface area contributed by atoms with Gasteiger partial charge in [-0.25, -0.2) is 4.63 Å². The first-order chi connectivity index (χ1) is 23.4. The van der Waals surface area contributed by atoms with Crippen LogP contribution in [-0.2, 0) is 5.41 Å². The molecule has 1 aromatic heterocycles. The van der Waals surface area contributed by atoms with Crippen molar-refractivity contribution in [1.82, 2.24) is 10.3 Å². The molecule has 0 atom stereocenters. The Morgan fingerprint density at radius 3 is 1.58 bits per heavy atom. The van der Waals surface area contributed by atoms with Gasteiger partial charge in [-0.2, -0.15) is 0 Å². The summed E-state index contributed by atoms with van der Waals surface area (Å²) in [4.78, 5) is 0. The molecule has 1 aliphatic rings. The average molecular weight is 649 g/mol. The van der Waals surface area contributed by atoms with Gasteiger partial charge in [-0.05, 0) is 80.0 Å². The molecular formula is C45H64N2O. The fourth-order valence-electron chi connectivity index (χ4n) is 8.41. The minimum absolute atomic E-state index is 0.0507. The molecule has 0 aliphatic heterocycles. The minimum Gasteiger partial charge on any atom is -0.243 e. The molecule has 1 heterocycles. The summed E-state index contributed by atoms with van der Waals surface area (Å²) in [6.45, 7) is 13.7. The summed E-state index contributed by atoms with van der Waals surface area (Å²) in [7, 11) is 0. The first-order valence-electron chi connectivity index (χ1n) is 20.0. The highest BCUT2D eigenvalue weighted by atomic mass is 16.6. The monoisotopic (exact) mass is 649 g/mol. The molecule has 0 spiro atoms. The first kappa shape index (κ1) is 36.3. The molecule has 1 aliphatic carbocycles. The van der Waals surface area contributed by atoms with Crippen LogP contribution in [0.25, 0.3) is 33.3 Å². The van der Waals surface area contributed by atoms with E-state index in [-0.39, 0.29) is 5.41 Å². The van der Waals surface area contributed by atoms with E-state index in [1.807, 2.05) is 0 Å². The topological polar surface area (TPSA) is 38.9 Å². The summed E-state index contributed by atoms with van der Waals surface area (Å²) in [5.74, 6) is 0.884. The van der Waals surface area contributed by atoms with Crippen molar-refractivity contribution in [2.75, 3.05) is 0 Å². The zero-order valence-corrected chi connectivity index (χ0v) is 31.3. The van der Waals surface area contributed by atoms with Gasteiger partial charge in [0.05, 0.1) is 0 Å². The van der Waals surface area contributed by atoms with Gasteiger partial charge in [-0.3, -0.25) is 0 Å². The highest BCUT2D eigenvalue weighted by Crippen LogP contribution is 2.55. The molecule has 0 amide bonds. The number of aromatic nitrogens is 2. The Balaban J connectivity index is 1.50. The van der Waals surface area contributed by atoms with E-state index in [0.717, 1.165) is 16.6 Å². The van der Waals surface area contributed by atoms with Gasteiger partial charge < -0.3 is 0 Å². The highest BCUT2D eigenvalue weighted by Gasteiger charge is 2.42. The summed E-state index contributed by atoms with van der Waals surface area (Å²) >= 11 is 0. The maximum atomic E-state index is 5.35. The molecule has 5 rings (SSSR count). The molecule has 3 heteroatoms. The normalized spacial score (nSPS) is 13.6. The Morgan fingerprint density at radius 1 is 0.521 bits per heavy atom. The summed E-state index contributed by atoms with van der Waals surface area (Å²) < 4.78 is 5.35. The van der Waals surface area contributed by atoms with E-state index in [2.05, 4.69) is 100 Å². The van der Waals surface area contributed by atoms with Gasteiger partial charge >= 0.3 is 0 Å². The second kappa shape index (κ2) is 17.6. The predicted octanol–water partition coefficient (Wildman–Crippen LogP) is 14.5. The molecule has 0 saturated carbocycles. The molecule has 3 aromatic carbocycles. The lowest BCUT2D eigenvalue weighted by Gasteiger charge is -2.33. The van der Waals surface area contributed by atoms with E-state index in [0.29, 0.717) is 11.8 Å². The second-order valence-corrected chi connectivity index (χ2v) is 15.6. The number of unbranched alkanes of at least 4 members (excludes halogenated alkanes) is 14. The van der Waals surface area contributed by atoms with Crippen molar-refractivity contribution >= 4 is 11.0 Å². The number of hydrogen-bond acceptors (Lipinski definition) is 3. The molecule has 0 radical (unpaired) electrons. The van der Waals surface area contributed by atoms with E-state index < -0.39 is 0 Å². The molecule has 0 saturated heterocycles. The zero-order valence-electron chi connectivity index (χ0n) is 31.3. The predicted molar refractivity (Wildman–Crippen MR) is 206 cm³/mol. The first-order valence-corrected chi connectivity index (χ1v) is 20.0. The third kappa shape index (κ3) is 8.26. The van der Waals surface area contributed by atoms with Gasteiger partial charge in [0.1, 0.15) is 11.0 Å². The summed E-state index contributed by atoms with van der Waals surface area (Å²) in [6.07, 6.45) is 24.2. The van der Waals surface area contributed by atoms with Crippen LogP contribution in [-0.4, -0.2) is 10.3 Å². The van der Waals surface area contributed by atoms with Crippen LogP contribution < -0.4 is 0 Å². The zero-order chi connectivity index (χ0) is 33.9. The van der Waals surface area contributed by atoms with Crippen LogP contribution in [0.3, 0.4) is 0 Å². The Hall–Kier alpha value is -2.94. The molecule has 0 bridgehead atoms. The average Bonchev–Trinajstić information content (AvgIpc) is 3.68. The lowest BCUT2D eigenvalue weighted by Crippen LogP contribution is -2.26. The molecule has 48 heavy (non-hydrogen) atoms. The third-order valence-corrected chi connectivity index (χ3v) is 11.3. The summed E-state index contributed by atoms with van der Waals surface area (Å²) in [5, 5.41) is 8.81. The fraction of sp³-hybridized carbons (Fsp3) is 0.600. The number of hydrogen-bond donors (Lipinski definition) is 0. The van der Waals surface area contributed by atoms with Crippen molar-refractivity contribution < 1.29 is 4.63 Å². The van der Waals surface area contributed by atoms with Crippen LogP contribution in [0.5, 0.6) is 0 Å². The van der Waals surface area contributed by atoms with Gasteiger partial charge in [-0.15, -0.1) is 0 Å². The van der Waals surface area contributed by atoms with Crippen molar-refractivity contribution in [1.29, 1.82) is 0 Å². The number of fused-ring (bicyclic) bond motifs is 4. The Kier molecular flexibility index (Phi) is 13.4. The maximum absolute atomic E-state index is 5.35.